The van der Waals surface area contributed by atoms with E-state index in [1.165, 1.54) is 35.2 Å². The molecule has 0 saturated carbocycles. The number of aromatic amines is 1. The summed E-state index contributed by atoms with van der Waals surface area (Å²) < 4.78 is 52.8. The highest BCUT2D eigenvalue weighted by Gasteiger charge is 2.30. The molecule has 0 aliphatic carbocycles. The fraction of sp³-hybridized carbons (Fsp3) is 0.118. The second kappa shape index (κ2) is 7.20. The second-order valence-electron chi connectivity index (χ2n) is 5.43. The van der Waals surface area contributed by atoms with Gasteiger partial charge in [-0.15, -0.1) is 0 Å². The van der Waals surface area contributed by atoms with Gasteiger partial charge in [-0.05, 0) is 47.6 Å². The molecule has 0 aliphatic rings. The van der Waals surface area contributed by atoms with E-state index in [0.717, 1.165) is 17.7 Å². The molecule has 3 aromatic rings. The molecule has 0 fully saturated rings. The van der Waals surface area contributed by atoms with Crippen LogP contribution in [-0.2, 0) is 12.6 Å². The summed E-state index contributed by atoms with van der Waals surface area (Å²) in [6.07, 6.45) is -2.83. The first kappa shape index (κ1) is 18.0. The molecule has 2 aromatic carbocycles. The molecule has 1 N–H and O–H groups in total. The number of hydrogen-bond donors (Lipinski definition) is 1. The van der Waals surface area contributed by atoms with Crippen LogP contribution in [0.1, 0.15) is 22.5 Å². The van der Waals surface area contributed by atoms with Gasteiger partial charge in [-0.2, -0.15) is 28.0 Å². The summed E-state index contributed by atoms with van der Waals surface area (Å²) in [4.78, 5) is 0. The van der Waals surface area contributed by atoms with Crippen molar-refractivity contribution in [2.24, 2.45) is 5.10 Å². The lowest BCUT2D eigenvalue weighted by Gasteiger charge is -2.06. The standard InChI is InChI=1S/C17H12F4N4S/c18-14-6-4-11(5-7-14)9-15-23-24-16(26)25(15)22-10-12-2-1-3-13(8-12)17(19,20)21/h1-8,10H,9H2,(H,24,26)/b22-10-. The van der Waals surface area contributed by atoms with Gasteiger partial charge in [0, 0.05) is 6.42 Å². The summed E-state index contributed by atoms with van der Waals surface area (Å²) in [6, 6.07) is 10.6. The van der Waals surface area contributed by atoms with Gasteiger partial charge in [0.15, 0.2) is 5.82 Å². The van der Waals surface area contributed by atoms with Crippen molar-refractivity contribution in [3.05, 3.63) is 81.6 Å². The van der Waals surface area contributed by atoms with Crippen LogP contribution in [0.5, 0.6) is 0 Å². The molecule has 0 aliphatic heterocycles. The van der Waals surface area contributed by atoms with Crippen molar-refractivity contribution in [2.45, 2.75) is 12.6 Å². The van der Waals surface area contributed by atoms with Crippen LogP contribution in [0.2, 0.25) is 0 Å². The van der Waals surface area contributed by atoms with E-state index in [1.807, 2.05) is 0 Å². The number of H-pyrrole nitrogens is 1. The number of alkyl halides is 3. The van der Waals surface area contributed by atoms with Gasteiger partial charge < -0.3 is 0 Å². The zero-order valence-electron chi connectivity index (χ0n) is 13.2. The Bertz CT molecular complexity index is 987. The van der Waals surface area contributed by atoms with Gasteiger partial charge in [-0.1, -0.05) is 24.3 Å². The Morgan fingerprint density at radius 1 is 1.15 bits per heavy atom. The van der Waals surface area contributed by atoms with Crippen LogP contribution in [0.15, 0.2) is 53.6 Å². The molecule has 4 nitrogen and oxygen atoms in total. The lowest BCUT2D eigenvalue weighted by molar-refractivity contribution is -0.137. The van der Waals surface area contributed by atoms with Crippen molar-refractivity contribution in [3.8, 4) is 0 Å². The van der Waals surface area contributed by atoms with E-state index in [4.69, 9.17) is 12.2 Å². The number of halogens is 4. The first-order chi connectivity index (χ1) is 12.3. The molecular formula is C17H12F4N4S. The van der Waals surface area contributed by atoms with Crippen LogP contribution in [0.4, 0.5) is 17.6 Å². The number of benzene rings is 2. The zero-order chi connectivity index (χ0) is 18.7. The number of nitrogens with one attached hydrogen (secondary N) is 1. The van der Waals surface area contributed by atoms with Gasteiger partial charge in [0.25, 0.3) is 0 Å². The molecule has 0 unspecified atom stereocenters. The zero-order valence-corrected chi connectivity index (χ0v) is 14.0. The average Bonchev–Trinajstić information content (AvgIpc) is 2.94. The number of nitrogens with zero attached hydrogens (tertiary/aromatic N) is 3. The summed E-state index contributed by atoms with van der Waals surface area (Å²) in [5.41, 5.74) is 0.301. The summed E-state index contributed by atoms with van der Waals surface area (Å²) in [5.74, 6) is 0.0972. The minimum Gasteiger partial charge on any atom is -0.250 e. The second-order valence-corrected chi connectivity index (χ2v) is 5.81. The van der Waals surface area contributed by atoms with Crippen molar-refractivity contribution < 1.29 is 17.6 Å². The van der Waals surface area contributed by atoms with Crippen molar-refractivity contribution in [1.29, 1.82) is 0 Å². The average molecular weight is 380 g/mol. The predicted molar refractivity (Wildman–Crippen MR) is 91.1 cm³/mol. The van der Waals surface area contributed by atoms with Crippen molar-refractivity contribution >= 4 is 18.4 Å². The summed E-state index contributed by atoms with van der Waals surface area (Å²) in [7, 11) is 0. The molecule has 0 atom stereocenters. The molecule has 3 rings (SSSR count). The molecule has 0 spiro atoms. The number of hydrogen-bond acceptors (Lipinski definition) is 3. The Hall–Kier alpha value is -2.81. The maximum absolute atomic E-state index is 13.0. The topological polar surface area (TPSA) is 46.0 Å². The molecular weight excluding hydrogens is 368 g/mol. The lowest BCUT2D eigenvalue weighted by Crippen LogP contribution is -2.05. The van der Waals surface area contributed by atoms with Gasteiger partial charge in [0.2, 0.25) is 4.77 Å². The smallest absolute Gasteiger partial charge is 0.250 e. The fourth-order valence-electron chi connectivity index (χ4n) is 2.26. The maximum atomic E-state index is 13.0. The molecule has 134 valence electrons. The number of aromatic nitrogens is 3. The predicted octanol–water partition coefficient (Wildman–Crippen LogP) is 4.57. The first-order valence-electron chi connectivity index (χ1n) is 7.45. The first-order valence-corrected chi connectivity index (χ1v) is 7.86. The normalized spacial score (nSPS) is 12.0. The largest absolute Gasteiger partial charge is 0.416 e. The van der Waals surface area contributed by atoms with Crippen LogP contribution >= 0.6 is 12.2 Å². The molecule has 9 heteroatoms. The molecule has 0 amide bonds. The molecule has 0 saturated heterocycles. The SMILES string of the molecule is Fc1ccc(Cc2n[nH]c(=S)n2/N=C\c2cccc(C(F)(F)F)c2)cc1. The van der Waals surface area contributed by atoms with Crippen molar-refractivity contribution in [2.75, 3.05) is 0 Å². The summed E-state index contributed by atoms with van der Waals surface area (Å²) in [5, 5.41) is 10.8. The number of rotatable bonds is 4. The molecule has 0 bridgehead atoms. The van der Waals surface area contributed by atoms with Crippen molar-refractivity contribution in [1.82, 2.24) is 14.9 Å². The summed E-state index contributed by atoms with van der Waals surface area (Å²) in [6.45, 7) is 0. The fourth-order valence-corrected chi connectivity index (χ4v) is 2.46. The summed E-state index contributed by atoms with van der Waals surface area (Å²) >= 11 is 5.10. The third-order valence-corrected chi connectivity index (χ3v) is 3.79. The monoisotopic (exact) mass is 380 g/mol. The van der Waals surface area contributed by atoms with E-state index >= 15 is 0 Å². The Balaban J connectivity index is 1.86. The highest BCUT2D eigenvalue weighted by molar-refractivity contribution is 7.71. The minimum atomic E-state index is -4.43. The van der Waals surface area contributed by atoms with Gasteiger partial charge in [-0.25, -0.2) is 4.39 Å². The molecule has 0 radical (unpaired) electrons. The van der Waals surface area contributed by atoms with E-state index in [-0.39, 0.29) is 16.2 Å². The van der Waals surface area contributed by atoms with Crippen LogP contribution in [0.3, 0.4) is 0 Å². The van der Waals surface area contributed by atoms with Gasteiger partial charge >= 0.3 is 6.18 Å². The third kappa shape index (κ3) is 4.23. The molecule has 1 aromatic heterocycles. The van der Waals surface area contributed by atoms with Gasteiger partial charge in [0.05, 0.1) is 11.8 Å². The Labute approximate surface area is 150 Å². The van der Waals surface area contributed by atoms with E-state index in [1.54, 1.807) is 12.1 Å². The van der Waals surface area contributed by atoms with Gasteiger partial charge in [-0.3, -0.25) is 5.10 Å². The lowest BCUT2D eigenvalue weighted by atomic mass is 10.1. The third-order valence-electron chi connectivity index (χ3n) is 3.53. The van der Waals surface area contributed by atoms with Gasteiger partial charge in [0.1, 0.15) is 5.82 Å². The van der Waals surface area contributed by atoms with E-state index in [2.05, 4.69) is 15.3 Å². The van der Waals surface area contributed by atoms with Crippen molar-refractivity contribution in [3.63, 3.8) is 0 Å². The Morgan fingerprint density at radius 3 is 2.58 bits per heavy atom. The maximum Gasteiger partial charge on any atom is 0.416 e. The van der Waals surface area contributed by atoms with E-state index in [0.29, 0.717) is 12.2 Å². The minimum absolute atomic E-state index is 0.199. The van der Waals surface area contributed by atoms with Crippen LogP contribution in [0.25, 0.3) is 0 Å². The van der Waals surface area contributed by atoms with Crippen LogP contribution in [-0.4, -0.2) is 21.1 Å². The van der Waals surface area contributed by atoms with Crippen LogP contribution < -0.4 is 0 Å². The quantitative estimate of drug-likeness (QED) is 0.409. The molecule has 26 heavy (non-hydrogen) atoms. The Kier molecular flexibility index (Phi) is 4.99. The van der Waals surface area contributed by atoms with E-state index < -0.39 is 11.7 Å². The molecule has 1 heterocycles. The highest BCUT2D eigenvalue weighted by Crippen LogP contribution is 2.29. The Morgan fingerprint density at radius 2 is 1.88 bits per heavy atom. The van der Waals surface area contributed by atoms with E-state index in [9.17, 15) is 17.6 Å². The highest BCUT2D eigenvalue weighted by atomic mass is 32.1. The van der Waals surface area contributed by atoms with Crippen LogP contribution in [0, 0.1) is 10.6 Å².